The molecule has 8 heteroatoms. The lowest BCUT2D eigenvalue weighted by atomic mass is 10.2. The van der Waals surface area contributed by atoms with Gasteiger partial charge >= 0.3 is 11.9 Å². The number of aromatic hydroxyl groups is 1. The van der Waals surface area contributed by atoms with Crippen molar-refractivity contribution in [3.8, 4) is 5.88 Å². The van der Waals surface area contributed by atoms with Crippen LogP contribution in [0.2, 0.25) is 0 Å². The highest BCUT2D eigenvalue weighted by Crippen LogP contribution is 2.38. The second-order valence-corrected chi connectivity index (χ2v) is 5.07. The van der Waals surface area contributed by atoms with E-state index in [0.29, 0.717) is 10.9 Å². The van der Waals surface area contributed by atoms with E-state index in [0.717, 1.165) is 0 Å². The van der Waals surface area contributed by atoms with E-state index in [1.165, 1.54) is 23.9 Å². The number of azo groups is 1. The van der Waals surface area contributed by atoms with Crippen molar-refractivity contribution in [2.75, 3.05) is 7.11 Å². The highest BCUT2D eigenvalue weighted by atomic mass is 16.5. The van der Waals surface area contributed by atoms with Crippen molar-refractivity contribution in [1.82, 2.24) is 9.55 Å². The van der Waals surface area contributed by atoms with Gasteiger partial charge in [0, 0.05) is 11.6 Å². The molecule has 0 atom stereocenters. The van der Waals surface area contributed by atoms with Crippen molar-refractivity contribution in [1.29, 1.82) is 0 Å². The number of fused-ring (bicyclic) bond motifs is 1. The van der Waals surface area contributed by atoms with Crippen LogP contribution in [0.25, 0.3) is 10.9 Å². The molecule has 1 amide bonds. The Bertz CT molecular complexity index is 963. The van der Waals surface area contributed by atoms with Crippen LogP contribution in [0.4, 0.5) is 5.69 Å². The van der Waals surface area contributed by atoms with Gasteiger partial charge in [-0.15, -0.1) is 10.2 Å². The summed E-state index contributed by atoms with van der Waals surface area (Å²) in [5.74, 6) is -1.43. The first kappa shape index (κ1) is 16.3. The zero-order valence-electron chi connectivity index (χ0n) is 13.3. The van der Waals surface area contributed by atoms with E-state index in [4.69, 9.17) is 0 Å². The van der Waals surface area contributed by atoms with Crippen LogP contribution < -0.4 is 0 Å². The van der Waals surface area contributed by atoms with Crippen molar-refractivity contribution >= 4 is 28.5 Å². The van der Waals surface area contributed by atoms with E-state index < -0.39 is 11.9 Å². The zero-order valence-corrected chi connectivity index (χ0v) is 13.3. The summed E-state index contributed by atoms with van der Waals surface area (Å²) in [6.07, 6.45) is 1.47. The van der Waals surface area contributed by atoms with E-state index in [1.807, 2.05) is 0 Å². The van der Waals surface area contributed by atoms with Gasteiger partial charge in [-0.25, -0.2) is 0 Å². The fourth-order valence-corrected chi connectivity index (χ4v) is 2.36. The van der Waals surface area contributed by atoms with Gasteiger partial charge in [0.1, 0.15) is 12.2 Å². The molecular weight excluding hydrogens is 324 g/mol. The predicted molar refractivity (Wildman–Crippen MR) is 88.7 cm³/mol. The molecule has 0 saturated heterocycles. The largest absolute Gasteiger partial charge is 0.493 e. The Kier molecular flexibility index (Phi) is 4.51. The molecule has 0 bridgehead atoms. The molecule has 0 unspecified atom stereocenters. The average molecular weight is 338 g/mol. The second kappa shape index (κ2) is 6.91. The number of aromatic nitrogens is 2. The lowest BCUT2D eigenvalue weighted by Gasteiger charge is -2.04. The number of hydrogen-bond acceptors (Lipinski definition) is 6. The molecule has 0 aliphatic heterocycles. The molecule has 0 aliphatic carbocycles. The first-order valence-electron chi connectivity index (χ1n) is 7.36. The van der Waals surface area contributed by atoms with Gasteiger partial charge in [0.2, 0.25) is 5.88 Å². The molecule has 1 N–H and O–H groups in total. The number of benzene rings is 1. The van der Waals surface area contributed by atoms with E-state index >= 15 is 0 Å². The van der Waals surface area contributed by atoms with Gasteiger partial charge < -0.3 is 9.84 Å². The molecule has 2 aromatic heterocycles. The molecular formula is C17H14N4O4. The molecule has 3 rings (SSSR count). The fourth-order valence-electron chi connectivity index (χ4n) is 2.36. The Morgan fingerprint density at radius 1 is 1.20 bits per heavy atom. The molecule has 3 aromatic rings. The highest BCUT2D eigenvalue weighted by molar-refractivity contribution is 5.97. The minimum absolute atomic E-state index is 0.101. The molecule has 1 aromatic carbocycles. The van der Waals surface area contributed by atoms with Gasteiger partial charge in [0.15, 0.2) is 5.69 Å². The Hall–Kier alpha value is -3.55. The van der Waals surface area contributed by atoms with Crippen LogP contribution in [0.15, 0.2) is 58.9 Å². The molecule has 0 spiro atoms. The molecule has 8 nitrogen and oxygen atoms in total. The van der Waals surface area contributed by atoms with Crippen molar-refractivity contribution < 1.29 is 19.4 Å². The van der Waals surface area contributed by atoms with Gasteiger partial charge in [0.25, 0.3) is 0 Å². The molecule has 0 fully saturated rings. The van der Waals surface area contributed by atoms with E-state index in [-0.39, 0.29) is 23.8 Å². The van der Waals surface area contributed by atoms with Crippen LogP contribution in [0.5, 0.6) is 5.88 Å². The molecule has 0 saturated carbocycles. The topological polar surface area (TPSA) is 106 Å². The van der Waals surface area contributed by atoms with Gasteiger partial charge in [0.05, 0.1) is 12.6 Å². The molecule has 0 aliphatic rings. The number of ether oxygens (including phenoxy) is 1. The highest BCUT2D eigenvalue weighted by Gasteiger charge is 2.19. The van der Waals surface area contributed by atoms with Crippen LogP contribution in [-0.2, 0) is 16.1 Å². The smallest absolute Gasteiger partial charge is 0.325 e. The Balaban J connectivity index is 2.01. The summed E-state index contributed by atoms with van der Waals surface area (Å²) in [7, 11) is 1.26. The number of rotatable bonds is 4. The van der Waals surface area contributed by atoms with Crippen molar-refractivity contribution in [3.05, 3.63) is 54.4 Å². The van der Waals surface area contributed by atoms with Crippen LogP contribution in [0, 0.1) is 0 Å². The summed E-state index contributed by atoms with van der Waals surface area (Å²) < 4.78 is 5.98. The second-order valence-electron chi connectivity index (χ2n) is 5.07. The summed E-state index contributed by atoms with van der Waals surface area (Å²) in [4.78, 5) is 27.5. The number of para-hydroxylation sites is 1. The number of nitrogens with zero attached hydrogens (tertiary/aromatic N) is 4. The average Bonchev–Trinajstić information content (AvgIpc) is 2.92. The SMILES string of the molecule is COC(=O)Cn1c(O)c(N=NC(=O)c2ccccn2)c2ccccc21. The quantitative estimate of drug-likeness (QED) is 0.581. The Morgan fingerprint density at radius 3 is 2.68 bits per heavy atom. The van der Waals surface area contributed by atoms with E-state index in [1.54, 1.807) is 36.4 Å². The molecule has 2 heterocycles. The van der Waals surface area contributed by atoms with Gasteiger partial charge in [-0.3, -0.25) is 19.1 Å². The van der Waals surface area contributed by atoms with Crippen LogP contribution in [0.3, 0.4) is 0 Å². The first-order chi connectivity index (χ1) is 12.1. The summed E-state index contributed by atoms with van der Waals surface area (Å²) in [5, 5.41) is 18.5. The van der Waals surface area contributed by atoms with Gasteiger partial charge in [-0.1, -0.05) is 24.3 Å². The zero-order chi connectivity index (χ0) is 17.8. The lowest BCUT2D eigenvalue weighted by Crippen LogP contribution is -2.10. The summed E-state index contributed by atoms with van der Waals surface area (Å²) in [6, 6.07) is 11.8. The monoisotopic (exact) mass is 338 g/mol. The molecule has 0 radical (unpaired) electrons. The fraction of sp³-hybridized carbons (Fsp3) is 0.118. The standard InChI is InChI=1S/C17H14N4O4/c1-25-14(22)10-21-13-8-3-2-6-11(13)15(17(21)24)19-20-16(23)12-7-4-5-9-18-12/h2-9,24H,10H2,1H3. The number of methoxy groups -OCH3 is 1. The van der Waals surface area contributed by atoms with Crippen LogP contribution in [-0.4, -0.2) is 33.6 Å². The maximum atomic E-state index is 12.0. The van der Waals surface area contributed by atoms with Crippen LogP contribution >= 0.6 is 0 Å². The molecule has 25 heavy (non-hydrogen) atoms. The number of amides is 1. The normalized spacial score (nSPS) is 11.1. The minimum atomic E-state index is -0.634. The summed E-state index contributed by atoms with van der Waals surface area (Å²) in [6.45, 7) is -0.188. The van der Waals surface area contributed by atoms with Crippen LogP contribution in [0.1, 0.15) is 10.5 Å². The summed E-state index contributed by atoms with van der Waals surface area (Å²) in [5.41, 5.74) is 0.817. The number of esters is 1. The van der Waals surface area contributed by atoms with Gasteiger partial charge in [-0.2, -0.15) is 0 Å². The predicted octanol–water partition coefficient (Wildman–Crippen LogP) is 2.84. The summed E-state index contributed by atoms with van der Waals surface area (Å²) >= 11 is 0. The third kappa shape index (κ3) is 3.23. The van der Waals surface area contributed by atoms with Crippen molar-refractivity contribution in [2.24, 2.45) is 10.2 Å². The number of carbonyl (C=O) groups excluding carboxylic acids is 2. The van der Waals surface area contributed by atoms with Crippen molar-refractivity contribution in [3.63, 3.8) is 0 Å². The van der Waals surface area contributed by atoms with E-state index in [9.17, 15) is 14.7 Å². The number of pyridine rings is 1. The third-order valence-corrected chi connectivity index (χ3v) is 3.56. The molecule has 126 valence electrons. The third-order valence-electron chi connectivity index (χ3n) is 3.56. The van der Waals surface area contributed by atoms with E-state index in [2.05, 4.69) is 19.9 Å². The van der Waals surface area contributed by atoms with Gasteiger partial charge in [-0.05, 0) is 18.2 Å². The lowest BCUT2D eigenvalue weighted by molar-refractivity contribution is -0.141. The van der Waals surface area contributed by atoms with Crippen molar-refractivity contribution in [2.45, 2.75) is 6.54 Å². The minimum Gasteiger partial charge on any atom is -0.493 e. The Morgan fingerprint density at radius 2 is 1.96 bits per heavy atom. The Labute approximate surface area is 142 Å². The maximum absolute atomic E-state index is 12.0. The maximum Gasteiger partial charge on any atom is 0.325 e. The number of carbonyl (C=O) groups is 2. The number of hydrogen-bond donors (Lipinski definition) is 1. The first-order valence-corrected chi connectivity index (χ1v) is 7.36.